The van der Waals surface area contributed by atoms with Crippen LogP contribution in [0.3, 0.4) is 0 Å². The van der Waals surface area contributed by atoms with Crippen molar-refractivity contribution in [1.82, 2.24) is 14.5 Å². The van der Waals surface area contributed by atoms with Crippen LogP contribution < -0.4 is 5.32 Å². The number of aryl methyl sites for hydroxylation is 4. The van der Waals surface area contributed by atoms with Crippen LogP contribution >= 0.6 is 11.3 Å². The van der Waals surface area contributed by atoms with Gasteiger partial charge >= 0.3 is 0 Å². The van der Waals surface area contributed by atoms with Gasteiger partial charge in [0, 0.05) is 25.4 Å². The SMILES string of the molecule is CCCCc1nnc(NC(=O)C2CCN(S(=O)(=O)c3c(C)cc(C)cc3C)CC2)s1. The van der Waals surface area contributed by atoms with Crippen molar-refractivity contribution in [2.24, 2.45) is 5.92 Å². The quantitative estimate of drug-likeness (QED) is 0.692. The second kappa shape index (κ2) is 9.53. The Kier molecular flexibility index (Phi) is 7.26. The molecule has 0 unspecified atom stereocenters. The zero-order chi connectivity index (χ0) is 21.9. The fourth-order valence-electron chi connectivity index (χ4n) is 4.00. The van der Waals surface area contributed by atoms with E-state index < -0.39 is 10.0 Å². The average molecular weight is 451 g/mol. The number of anilines is 1. The maximum Gasteiger partial charge on any atom is 0.243 e. The molecule has 1 saturated heterocycles. The highest BCUT2D eigenvalue weighted by atomic mass is 32.2. The van der Waals surface area contributed by atoms with Gasteiger partial charge in [-0.1, -0.05) is 42.4 Å². The van der Waals surface area contributed by atoms with Crippen molar-refractivity contribution in [2.45, 2.75) is 64.7 Å². The monoisotopic (exact) mass is 450 g/mol. The summed E-state index contributed by atoms with van der Waals surface area (Å²) in [6.45, 7) is 8.44. The molecule has 0 spiro atoms. The highest BCUT2D eigenvalue weighted by Gasteiger charge is 2.34. The molecule has 1 aliphatic rings. The number of sulfonamides is 1. The lowest BCUT2D eigenvalue weighted by molar-refractivity contribution is -0.120. The molecule has 1 fully saturated rings. The highest BCUT2D eigenvalue weighted by Crippen LogP contribution is 2.29. The lowest BCUT2D eigenvalue weighted by Gasteiger charge is -2.31. The van der Waals surface area contributed by atoms with Crippen molar-refractivity contribution in [3.8, 4) is 0 Å². The molecule has 2 aromatic rings. The molecular formula is C21H30N4O3S2. The summed E-state index contributed by atoms with van der Waals surface area (Å²) in [6.07, 6.45) is 4.00. The van der Waals surface area contributed by atoms with Crippen molar-refractivity contribution in [3.05, 3.63) is 33.8 Å². The lowest BCUT2D eigenvalue weighted by Crippen LogP contribution is -2.41. The van der Waals surface area contributed by atoms with Gasteiger partial charge in [-0.2, -0.15) is 4.31 Å². The van der Waals surface area contributed by atoms with Gasteiger partial charge in [0.2, 0.25) is 21.1 Å². The van der Waals surface area contributed by atoms with Crippen LogP contribution in [0, 0.1) is 26.7 Å². The summed E-state index contributed by atoms with van der Waals surface area (Å²) in [6, 6.07) is 3.80. The molecule has 0 bridgehead atoms. The van der Waals surface area contributed by atoms with Gasteiger partial charge in [-0.3, -0.25) is 4.79 Å². The van der Waals surface area contributed by atoms with Crippen LogP contribution in [-0.4, -0.2) is 41.9 Å². The minimum atomic E-state index is -3.57. The van der Waals surface area contributed by atoms with Gasteiger partial charge in [0.15, 0.2) is 0 Å². The Bertz CT molecular complexity index is 986. The third kappa shape index (κ3) is 5.07. The van der Waals surface area contributed by atoms with Gasteiger partial charge < -0.3 is 5.32 Å². The first-order chi connectivity index (χ1) is 14.2. The molecule has 30 heavy (non-hydrogen) atoms. The van der Waals surface area contributed by atoms with Crippen molar-refractivity contribution in [2.75, 3.05) is 18.4 Å². The van der Waals surface area contributed by atoms with Crippen LogP contribution in [0.15, 0.2) is 17.0 Å². The van der Waals surface area contributed by atoms with Gasteiger partial charge in [0.25, 0.3) is 0 Å². The number of nitrogens with one attached hydrogen (secondary N) is 1. The standard InChI is InChI=1S/C21H30N4O3S2/c1-5-6-7-18-23-24-21(29-18)22-20(26)17-8-10-25(11-9-17)30(27,28)19-15(3)12-14(2)13-16(19)4/h12-13,17H,5-11H2,1-4H3,(H,22,24,26). The summed E-state index contributed by atoms with van der Waals surface area (Å²) in [4.78, 5) is 13.0. The number of hydrogen-bond acceptors (Lipinski definition) is 6. The molecule has 0 aliphatic carbocycles. The number of rotatable bonds is 7. The third-order valence-corrected chi connectivity index (χ3v) is 8.57. The molecule has 7 nitrogen and oxygen atoms in total. The van der Waals surface area contributed by atoms with Crippen LogP contribution in [-0.2, 0) is 21.2 Å². The molecule has 1 amide bonds. The lowest BCUT2D eigenvalue weighted by atomic mass is 9.97. The van der Waals surface area contributed by atoms with E-state index in [0.717, 1.165) is 41.0 Å². The zero-order valence-corrected chi connectivity index (χ0v) is 19.7. The van der Waals surface area contributed by atoms with E-state index in [1.807, 2.05) is 32.9 Å². The predicted octanol–water partition coefficient (Wildman–Crippen LogP) is 3.85. The largest absolute Gasteiger partial charge is 0.300 e. The van der Waals surface area contributed by atoms with Gasteiger partial charge in [0.1, 0.15) is 5.01 Å². The predicted molar refractivity (Wildman–Crippen MR) is 119 cm³/mol. The molecule has 0 saturated carbocycles. The van der Waals surface area contributed by atoms with Crippen molar-refractivity contribution in [1.29, 1.82) is 0 Å². The Labute approximate surface area is 183 Å². The molecule has 1 aromatic carbocycles. The minimum absolute atomic E-state index is 0.104. The van der Waals surface area contributed by atoms with Crippen LogP contribution in [0.5, 0.6) is 0 Å². The Morgan fingerprint density at radius 1 is 1.17 bits per heavy atom. The number of carbonyl (C=O) groups excluding carboxylic acids is 1. The molecule has 3 rings (SSSR count). The summed E-state index contributed by atoms with van der Waals surface area (Å²) in [7, 11) is -3.57. The molecule has 2 heterocycles. The van der Waals surface area contributed by atoms with Crippen molar-refractivity contribution in [3.63, 3.8) is 0 Å². The van der Waals surface area contributed by atoms with E-state index >= 15 is 0 Å². The van der Waals surface area contributed by atoms with Crippen LogP contribution in [0.1, 0.15) is 54.3 Å². The average Bonchev–Trinajstić information content (AvgIpc) is 3.12. The molecule has 9 heteroatoms. The number of nitrogens with zero attached hydrogens (tertiary/aromatic N) is 3. The van der Waals surface area contributed by atoms with Gasteiger partial charge in [-0.25, -0.2) is 8.42 Å². The molecule has 0 atom stereocenters. The Morgan fingerprint density at radius 3 is 2.40 bits per heavy atom. The topological polar surface area (TPSA) is 92.3 Å². The van der Waals surface area contributed by atoms with E-state index in [2.05, 4.69) is 22.4 Å². The fourth-order valence-corrected chi connectivity index (χ4v) is 6.67. The number of carbonyl (C=O) groups is 1. The number of benzene rings is 1. The number of aromatic nitrogens is 2. The second-order valence-electron chi connectivity index (χ2n) is 8.00. The van der Waals surface area contributed by atoms with E-state index in [0.29, 0.717) is 36.0 Å². The van der Waals surface area contributed by atoms with E-state index in [-0.39, 0.29) is 11.8 Å². The summed E-state index contributed by atoms with van der Waals surface area (Å²) in [5.41, 5.74) is 2.58. The number of piperidine rings is 1. The Morgan fingerprint density at radius 2 is 1.80 bits per heavy atom. The van der Waals surface area contributed by atoms with E-state index in [1.165, 1.54) is 15.6 Å². The molecular weight excluding hydrogens is 420 g/mol. The van der Waals surface area contributed by atoms with Crippen molar-refractivity contribution < 1.29 is 13.2 Å². The van der Waals surface area contributed by atoms with Crippen LogP contribution in [0.4, 0.5) is 5.13 Å². The Hall–Kier alpha value is -1.84. The summed E-state index contributed by atoms with van der Waals surface area (Å²) in [5, 5.41) is 12.5. The second-order valence-corrected chi connectivity index (χ2v) is 10.9. The third-order valence-electron chi connectivity index (χ3n) is 5.47. The molecule has 1 N–H and O–H groups in total. The minimum Gasteiger partial charge on any atom is -0.300 e. The number of unbranched alkanes of at least 4 members (excludes halogenated alkanes) is 1. The first kappa shape index (κ1) is 22.8. The number of hydrogen-bond donors (Lipinski definition) is 1. The van der Waals surface area contributed by atoms with Gasteiger partial charge in [-0.15, -0.1) is 10.2 Å². The normalized spacial score (nSPS) is 16.0. The van der Waals surface area contributed by atoms with E-state index in [1.54, 1.807) is 0 Å². The molecule has 1 aromatic heterocycles. The first-order valence-corrected chi connectivity index (χ1v) is 12.7. The van der Waals surface area contributed by atoms with Crippen LogP contribution in [0.25, 0.3) is 0 Å². The molecule has 164 valence electrons. The summed E-state index contributed by atoms with van der Waals surface area (Å²) in [5.74, 6) is -0.326. The summed E-state index contributed by atoms with van der Waals surface area (Å²) < 4.78 is 27.9. The molecule has 1 aliphatic heterocycles. The highest BCUT2D eigenvalue weighted by molar-refractivity contribution is 7.89. The van der Waals surface area contributed by atoms with Gasteiger partial charge in [-0.05, 0) is 51.2 Å². The maximum absolute atomic E-state index is 13.2. The Balaban J connectivity index is 1.61. The smallest absolute Gasteiger partial charge is 0.243 e. The van der Waals surface area contributed by atoms with E-state index in [4.69, 9.17) is 0 Å². The molecule has 0 radical (unpaired) electrons. The first-order valence-electron chi connectivity index (χ1n) is 10.4. The van der Waals surface area contributed by atoms with Crippen LogP contribution in [0.2, 0.25) is 0 Å². The van der Waals surface area contributed by atoms with E-state index in [9.17, 15) is 13.2 Å². The fraction of sp³-hybridized carbons (Fsp3) is 0.571. The van der Waals surface area contributed by atoms with Crippen molar-refractivity contribution >= 4 is 32.4 Å². The number of amides is 1. The summed E-state index contributed by atoms with van der Waals surface area (Å²) >= 11 is 1.41. The van der Waals surface area contributed by atoms with Gasteiger partial charge in [0.05, 0.1) is 4.90 Å². The zero-order valence-electron chi connectivity index (χ0n) is 18.1. The maximum atomic E-state index is 13.2.